The van der Waals surface area contributed by atoms with Gasteiger partial charge in [0.05, 0.1) is 38.5 Å². The van der Waals surface area contributed by atoms with Gasteiger partial charge in [-0.3, -0.25) is 0 Å². The van der Waals surface area contributed by atoms with Gasteiger partial charge in [0.15, 0.2) is 6.04 Å². The van der Waals surface area contributed by atoms with E-state index in [1.54, 1.807) is 6.92 Å². The molecule has 0 spiro atoms. The van der Waals surface area contributed by atoms with Gasteiger partial charge in [-0.1, -0.05) is 0 Å². The molecule has 3 unspecified atom stereocenters. The molecular weight excluding hydrogens is 244 g/mol. The summed E-state index contributed by atoms with van der Waals surface area (Å²) in [7, 11) is 0. The molecule has 0 aliphatic carbocycles. The van der Waals surface area contributed by atoms with Crippen molar-refractivity contribution in [3.05, 3.63) is 0 Å². The molecule has 1 saturated heterocycles. The van der Waals surface area contributed by atoms with Gasteiger partial charge in [0.25, 0.3) is 0 Å². The van der Waals surface area contributed by atoms with Crippen molar-refractivity contribution in [2.24, 2.45) is 0 Å². The maximum atomic E-state index is 11.8. The van der Waals surface area contributed by atoms with Crippen LogP contribution in [0.25, 0.3) is 0 Å². The minimum absolute atomic E-state index is 0.182. The highest BCUT2D eigenvalue weighted by Crippen LogP contribution is 2.11. The summed E-state index contributed by atoms with van der Waals surface area (Å²) in [6.07, 6.45) is -0.468. The second-order valence-corrected chi connectivity index (χ2v) is 4.16. The first-order valence-corrected chi connectivity index (χ1v) is 5.62. The van der Waals surface area contributed by atoms with Crippen molar-refractivity contribution in [2.75, 3.05) is 26.4 Å². The first kappa shape index (κ1) is 14.7. The molecule has 104 valence electrons. The predicted molar refractivity (Wildman–Crippen MR) is 60.0 cm³/mol. The minimum atomic E-state index is -1.33. The Morgan fingerprint density at radius 1 is 1.50 bits per heavy atom. The van der Waals surface area contributed by atoms with Crippen molar-refractivity contribution < 1.29 is 29.6 Å². The van der Waals surface area contributed by atoms with Gasteiger partial charge in [-0.25, -0.2) is 9.59 Å². The number of aliphatic carboxylic acids is 1. The lowest BCUT2D eigenvalue weighted by molar-refractivity contribution is -0.140. The second-order valence-electron chi connectivity index (χ2n) is 4.16. The van der Waals surface area contributed by atoms with Gasteiger partial charge in [0.2, 0.25) is 0 Å². The number of nitrogens with one attached hydrogen (secondary N) is 1. The monoisotopic (exact) mass is 262 g/mol. The summed E-state index contributed by atoms with van der Waals surface area (Å²) in [5.41, 5.74) is 0. The Kier molecular flexibility index (Phi) is 5.32. The third-order valence-electron chi connectivity index (χ3n) is 2.75. The molecule has 0 aromatic carbocycles. The van der Waals surface area contributed by atoms with Crippen molar-refractivity contribution >= 4 is 12.0 Å². The van der Waals surface area contributed by atoms with E-state index in [2.05, 4.69) is 5.32 Å². The standard InChI is InChI=1S/C10H18N2O6/c1-6-5-18-7(3-13)2-12(6)10(17)11-8(4-14)9(15)16/h6-8,13-14H,2-5H2,1H3,(H,11,17)(H,15,16). The maximum Gasteiger partial charge on any atom is 0.328 e. The van der Waals surface area contributed by atoms with Gasteiger partial charge in [-0.2, -0.15) is 0 Å². The van der Waals surface area contributed by atoms with Gasteiger partial charge in [0, 0.05) is 0 Å². The maximum absolute atomic E-state index is 11.8. The average molecular weight is 262 g/mol. The summed E-state index contributed by atoms with van der Waals surface area (Å²) in [6.45, 7) is 1.32. The van der Waals surface area contributed by atoms with Crippen LogP contribution in [0.5, 0.6) is 0 Å². The van der Waals surface area contributed by atoms with Gasteiger partial charge in [-0.05, 0) is 6.92 Å². The topological polar surface area (TPSA) is 119 Å². The van der Waals surface area contributed by atoms with Crippen LogP contribution in [0.3, 0.4) is 0 Å². The Bertz CT molecular complexity index is 311. The highest BCUT2D eigenvalue weighted by Gasteiger charge is 2.31. The molecule has 0 aromatic rings. The summed E-state index contributed by atoms with van der Waals surface area (Å²) in [5.74, 6) is -1.30. The highest BCUT2D eigenvalue weighted by molar-refractivity contribution is 5.82. The number of rotatable bonds is 4. The number of hydrogen-bond donors (Lipinski definition) is 4. The Labute approximate surface area is 104 Å². The summed E-state index contributed by atoms with van der Waals surface area (Å²) in [5, 5.41) is 28.7. The number of ether oxygens (including phenoxy) is 1. The van der Waals surface area contributed by atoms with E-state index in [4.69, 9.17) is 20.1 Å². The molecule has 1 fully saturated rings. The number of aliphatic hydroxyl groups is 2. The molecule has 4 N–H and O–H groups in total. The van der Waals surface area contributed by atoms with Crippen LogP contribution in [0.15, 0.2) is 0 Å². The molecule has 1 rings (SSSR count). The smallest absolute Gasteiger partial charge is 0.328 e. The molecule has 0 radical (unpaired) electrons. The summed E-state index contributed by atoms with van der Waals surface area (Å²) in [4.78, 5) is 23.9. The van der Waals surface area contributed by atoms with Crippen molar-refractivity contribution in [1.29, 1.82) is 0 Å². The highest BCUT2D eigenvalue weighted by atomic mass is 16.5. The van der Waals surface area contributed by atoms with Crippen molar-refractivity contribution in [3.63, 3.8) is 0 Å². The number of nitrogens with zero attached hydrogens (tertiary/aromatic N) is 1. The van der Waals surface area contributed by atoms with Crippen molar-refractivity contribution in [3.8, 4) is 0 Å². The van der Waals surface area contributed by atoms with Crippen LogP contribution < -0.4 is 5.32 Å². The number of urea groups is 1. The Morgan fingerprint density at radius 2 is 2.17 bits per heavy atom. The average Bonchev–Trinajstić information content (AvgIpc) is 2.35. The SMILES string of the molecule is CC1COC(CO)CN1C(=O)NC(CO)C(=O)O. The first-order chi connectivity index (χ1) is 8.49. The van der Waals surface area contributed by atoms with Crippen LogP contribution in [0, 0.1) is 0 Å². The number of amides is 2. The predicted octanol–water partition coefficient (Wildman–Crippen LogP) is -1.78. The Hall–Kier alpha value is -1.38. The summed E-state index contributed by atoms with van der Waals surface area (Å²) in [6, 6.07) is -2.15. The fourth-order valence-electron chi connectivity index (χ4n) is 1.63. The van der Waals surface area contributed by atoms with Crippen molar-refractivity contribution in [2.45, 2.75) is 25.1 Å². The zero-order valence-corrected chi connectivity index (χ0v) is 10.1. The lowest BCUT2D eigenvalue weighted by Crippen LogP contribution is -2.58. The number of carbonyl (C=O) groups excluding carboxylic acids is 1. The lowest BCUT2D eigenvalue weighted by atomic mass is 10.2. The first-order valence-electron chi connectivity index (χ1n) is 5.62. The molecule has 2 amide bonds. The van der Waals surface area contributed by atoms with E-state index >= 15 is 0 Å². The summed E-state index contributed by atoms with van der Waals surface area (Å²) >= 11 is 0. The molecule has 0 saturated carbocycles. The van der Waals surface area contributed by atoms with E-state index in [9.17, 15) is 9.59 Å². The Morgan fingerprint density at radius 3 is 2.67 bits per heavy atom. The van der Waals surface area contributed by atoms with Crippen LogP contribution in [0.4, 0.5) is 4.79 Å². The number of aliphatic hydroxyl groups excluding tert-OH is 2. The number of carbonyl (C=O) groups is 2. The van der Waals surface area contributed by atoms with E-state index in [0.717, 1.165) is 0 Å². The molecular formula is C10H18N2O6. The fourth-order valence-corrected chi connectivity index (χ4v) is 1.63. The number of carboxylic acids is 1. The molecule has 1 heterocycles. The Balaban J connectivity index is 2.61. The normalized spacial score (nSPS) is 25.6. The van der Waals surface area contributed by atoms with Crippen LogP contribution in [0.2, 0.25) is 0 Å². The number of morpholine rings is 1. The molecule has 3 atom stereocenters. The van der Waals surface area contributed by atoms with Crippen LogP contribution in [-0.4, -0.2) is 76.8 Å². The fraction of sp³-hybridized carbons (Fsp3) is 0.800. The lowest BCUT2D eigenvalue weighted by Gasteiger charge is -2.37. The van der Waals surface area contributed by atoms with E-state index < -0.39 is 30.8 Å². The van der Waals surface area contributed by atoms with Gasteiger partial charge in [-0.15, -0.1) is 0 Å². The largest absolute Gasteiger partial charge is 0.480 e. The minimum Gasteiger partial charge on any atom is -0.480 e. The molecule has 0 bridgehead atoms. The molecule has 8 nitrogen and oxygen atoms in total. The van der Waals surface area contributed by atoms with Crippen molar-refractivity contribution in [1.82, 2.24) is 10.2 Å². The van der Waals surface area contributed by atoms with E-state index in [1.165, 1.54) is 4.90 Å². The second kappa shape index (κ2) is 6.53. The summed E-state index contributed by atoms with van der Waals surface area (Å²) < 4.78 is 5.26. The molecule has 1 aliphatic heterocycles. The van der Waals surface area contributed by atoms with E-state index in [1.807, 2.05) is 0 Å². The third-order valence-corrected chi connectivity index (χ3v) is 2.75. The quantitative estimate of drug-likeness (QED) is 0.475. The molecule has 18 heavy (non-hydrogen) atoms. The number of carboxylic acid groups (broad SMARTS) is 1. The van der Waals surface area contributed by atoms with E-state index in [0.29, 0.717) is 0 Å². The molecule has 8 heteroatoms. The van der Waals surface area contributed by atoms with Crippen LogP contribution in [-0.2, 0) is 9.53 Å². The van der Waals surface area contributed by atoms with Gasteiger partial charge < -0.3 is 30.3 Å². The van der Waals surface area contributed by atoms with Gasteiger partial charge >= 0.3 is 12.0 Å². The van der Waals surface area contributed by atoms with E-state index in [-0.39, 0.29) is 25.8 Å². The molecule has 0 aromatic heterocycles. The van der Waals surface area contributed by atoms with Crippen LogP contribution in [0.1, 0.15) is 6.92 Å². The van der Waals surface area contributed by atoms with Crippen LogP contribution >= 0.6 is 0 Å². The zero-order chi connectivity index (χ0) is 13.7. The third kappa shape index (κ3) is 3.56. The molecule has 1 aliphatic rings. The zero-order valence-electron chi connectivity index (χ0n) is 10.1. The number of hydrogen-bond acceptors (Lipinski definition) is 5. The van der Waals surface area contributed by atoms with Gasteiger partial charge in [0.1, 0.15) is 0 Å².